The molecule has 0 aromatic heterocycles. The van der Waals surface area contributed by atoms with Gasteiger partial charge in [-0.15, -0.1) is 0 Å². The quantitative estimate of drug-likeness (QED) is 0.138. The predicted octanol–water partition coefficient (Wildman–Crippen LogP) is 7.40. The molecule has 1 atom stereocenters. The Morgan fingerprint density at radius 1 is 0.667 bits per heavy atom. The number of esters is 1. The third-order valence-electron chi connectivity index (χ3n) is 6.56. The number of nitrogens with one attached hydrogen (secondary N) is 1. The Morgan fingerprint density at radius 2 is 1.18 bits per heavy atom. The van der Waals surface area contributed by atoms with Gasteiger partial charge in [0, 0.05) is 12.0 Å². The summed E-state index contributed by atoms with van der Waals surface area (Å²) in [6.45, 7) is 0.389. The van der Waals surface area contributed by atoms with Crippen molar-refractivity contribution in [2.24, 2.45) is 0 Å². The van der Waals surface area contributed by atoms with Crippen LogP contribution in [0.5, 0.6) is 11.5 Å². The molecule has 0 saturated heterocycles. The fourth-order valence-corrected chi connectivity index (χ4v) is 4.28. The lowest BCUT2D eigenvalue weighted by molar-refractivity contribution is -0.144. The van der Waals surface area contributed by atoms with Crippen molar-refractivity contribution in [3.63, 3.8) is 0 Å². The van der Waals surface area contributed by atoms with E-state index in [1.807, 2.05) is 60.7 Å². The van der Waals surface area contributed by atoms with Crippen LogP contribution in [0.25, 0.3) is 0 Å². The van der Waals surface area contributed by atoms with E-state index < -0.39 is 47.0 Å². The Bertz CT molecular complexity index is 1580. The molecule has 4 aromatic carbocycles. The van der Waals surface area contributed by atoms with Crippen molar-refractivity contribution in [2.75, 3.05) is 7.11 Å². The molecule has 0 aliphatic rings. The van der Waals surface area contributed by atoms with Gasteiger partial charge in [-0.2, -0.15) is 26.3 Å². The maximum Gasteiger partial charge on any atom is 0.416 e. The number of hydrogen-bond acceptors (Lipinski definition) is 5. The van der Waals surface area contributed by atoms with Gasteiger partial charge in [0.15, 0.2) is 11.5 Å². The SMILES string of the molecule is COC(=O)[C@@H](Cc1ccc(OCc2ccccc2)c(OCc2ccccc2)c1)NC(=O)c1cc(C(F)(F)F)cc(C(F)(F)F)c1. The number of amides is 1. The summed E-state index contributed by atoms with van der Waals surface area (Å²) in [7, 11) is 1.03. The molecular formula is C33H27F6NO5. The van der Waals surface area contributed by atoms with Gasteiger partial charge in [-0.25, -0.2) is 4.79 Å². The smallest absolute Gasteiger partial charge is 0.416 e. The van der Waals surface area contributed by atoms with E-state index in [0.717, 1.165) is 18.2 Å². The molecular weight excluding hydrogens is 604 g/mol. The minimum Gasteiger partial charge on any atom is -0.485 e. The van der Waals surface area contributed by atoms with E-state index >= 15 is 0 Å². The Balaban J connectivity index is 1.59. The minimum atomic E-state index is -5.15. The standard InChI is InChI=1S/C33H27F6NO5/c1-43-31(42)27(40-30(41)24-16-25(32(34,35)36)18-26(17-24)33(37,38)39)14-23-12-13-28(44-19-21-8-4-2-5-9-21)29(15-23)45-20-22-10-6-3-7-11-22/h2-13,15-18,27H,14,19-20H2,1H3,(H,40,41)/t27-/m1/s1. The molecule has 45 heavy (non-hydrogen) atoms. The second kappa shape index (κ2) is 14.2. The van der Waals surface area contributed by atoms with E-state index in [1.54, 1.807) is 18.2 Å². The maximum absolute atomic E-state index is 13.3. The summed E-state index contributed by atoms with van der Waals surface area (Å²) >= 11 is 0. The summed E-state index contributed by atoms with van der Waals surface area (Å²) in [4.78, 5) is 25.5. The van der Waals surface area contributed by atoms with E-state index in [2.05, 4.69) is 5.32 Å². The molecule has 6 nitrogen and oxygen atoms in total. The summed E-state index contributed by atoms with van der Waals surface area (Å²) < 4.78 is 96.7. The first kappa shape index (κ1) is 32.9. The zero-order chi connectivity index (χ0) is 32.6. The molecule has 0 saturated carbocycles. The van der Waals surface area contributed by atoms with E-state index in [9.17, 15) is 35.9 Å². The Hall–Kier alpha value is -5.00. The molecule has 0 fully saturated rings. The maximum atomic E-state index is 13.3. The van der Waals surface area contributed by atoms with Crippen LogP contribution in [0.3, 0.4) is 0 Å². The van der Waals surface area contributed by atoms with Crippen molar-refractivity contribution in [2.45, 2.75) is 38.0 Å². The van der Waals surface area contributed by atoms with Gasteiger partial charge in [0.2, 0.25) is 0 Å². The first-order chi connectivity index (χ1) is 21.3. The summed E-state index contributed by atoms with van der Waals surface area (Å²) in [6, 6.07) is 22.4. The van der Waals surface area contributed by atoms with E-state index in [0.29, 0.717) is 17.1 Å². The molecule has 4 aromatic rings. The molecule has 1 N–H and O–H groups in total. The molecule has 4 rings (SSSR count). The molecule has 0 bridgehead atoms. The number of hydrogen-bond donors (Lipinski definition) is 1. The predicted molar refractivity (Wildman–Crippen MR) is 151 cm³/mol. The van der Waals surface area contributed by atoms with E-state index in [4.69, 9.17) is 14.2 Å². The van der Waals surface area contributed by atoms with Crippen LogP contribution in [0, 0.1) is 0 Å². The van der Waals surface area contributed by atoms with Crippen LogP contribution >= 0.6 is 0 Å². The lowest BCUT2D eigenvalue weighted by Crippen LogP contribution is -2.43. The molecule has 236 valence electrons. The second-order valence-corrected chi connectivity index (χ2v) is 9.88. The lowest BCUT2D eigenvalue weighted by atomic mass is 10.0. The van der Waals surface area contributed by atoms with E-state index in [1.165, 1.54) is 0 Å². The number of carbonyl (C=O) groups is 2. The number of benzene rings is 4. The fraction of sp³-hybridized carbons (Fsp3) is 0.212. The average molecular weight is 632 g/mol. The Morgan fingerprint density at radius 3 is 1.67 bits per heavy atom. The summed E-state index contributed by atoms with van der Waals surface area (Å²) in [6.07, 6.45) is -10.5. The molecule has 0 radical (unpaired) electrons. The first-order valence-electron chi connectivity index (χ1n) is 13.5. The van der Waals surface area contributed by atoms with Crippen LogP contribution in [0.2, 0.25) is 0 Å². The van der Waals surface area contributed by atoms with Crippen molar-refractivity contribution in [3.05, 3.63) is 130 Å². The number of carbonyl (C=O) groups excluding carboxylic acids is 2. The highest BCUT2D eigenvalue weighted by Gasteiger charge is 2.38. The Labute approximate surface area is 254 Å². The lowest BCUT2D eigenvalue weighted by Gasteiger charge is -2.19. The third kappa shape index (κ3) is 9.24. The zero-order valence-electron chi connectivity index (χ0n) is 23.7. The molecule has 0 heterocycles. The highest BCUT2D eigenvalue weighted by molar-refractivity contribution is 5.97. The highest BCUT2D eigenvalue weighted by atomic mass is 19.4. The molecule has 0 aliphatic carbocycles. The van der Waals surface area contributed by atoms with Gasteiger partial charge in [0.25, 0.3) is 5.91 Å². The van der Waals surface area contributed by atoms with Gasteiger partial charge >= 0.3 is 18.3 Å². The number of alkyl halides is 6. The van der Waals surface area contributed by atoms with Crippen LogP contribution in [0.1, 0.15) is 38.2 Å². The van der Waals surface area contributed by atoms with Gasteiger partial charge in [-0.3, -0.25) is 4.79 Å². The Kier molecular flexibility index (Phi) is 10.4. The average Bonchev–Trinajstić information content (AvgIpc) is 3.02. The summed E-state index contributed by atoms with van der Waals surface area (Å²) in [5, 5.41) is 2.21. The van der Waals surface area contributed by atoms with Crippen LogP contribution in [-0.2, 0) is 41.5 Å². The normalized spacial score (nSPS) is 12.2. The largest absolute Gasteiger partial charge is 0.485 e. The topological polar surface area (TPSA) is 73.9 Å². The van der Waals surface area contributed by atoms with Crippen molar-refractivity contribution >= 4 is 11.9 Å². The van der Waals surface area contributed by atoms with Crippen molar-refractivity contribution in [3.8, 4) is 11.5 Å². The summed E-state index contributed by atoms with van der Waals surface area (Å²) in [5.41, 5.74) is -2.07. The van der Waals surface area contributed by atoms with Gasteiger partial charge in [0.1, 0.15) is 19.3 Å². The zero-order valence-corrected chi connectivity index (χ0v) is 23.7. The monoisotopic (exact) mass is 631 g/mol. The van der Waals surface area contributed by atoms with Gasteiger partial charge in [0.05, 0.1) is 18.2 Å². The first-order valence-corrected chi connectivity index (χ1v) is 13.5. The van der Waals surface area contributed by atoms with Crippen LogP contribution in [0.15, 0.2) is 97.1 Å². The van der Waals surface area contributed by atoms with Gasteiger partial charge < -0.3 is 19.5 Å². The number of methoxy groups -OCH3 is 1. The fourth-order valence-electron chi connectivity index (χ4n) is 4.28. The van der Waals surface area contributed by atoms with Crippen molar-refractivity contribution in [1.29, 1.82) is 0 Å². The highest BCUT2D eigenvalue weighted by Crippen LogP contribution is 2.36. The molecule has 12 heteroatoms. The molecule has 0 spiro atoms. The van der Waals surface area contributed by atoms with Crippen LogP contribution < -0.4 is 14.8 Å². The number of ether oxygens (including phenoxy) is 3. The van der Waals surface area contributed by atoms with Gasteiger partial charge in [-0.1, -0.05) is 66.7 Å². The van der Waals surface area contributed by atoms with Gasteiger partial charge in [-0.05, 0) is 47.0 Å². The summed E-state index contributed by atoms with van der Waals surface area (Å²) in [5.74, 6) is -1.62. The second-order valence-electron chi connectivity index (χ2n) is 9.88. The van der Waals surface area contributed by atoms with Crippen LogP contribution in [-0.4, -0.2) is 25.0 Å². The van der Waals surface area contributed by atoms with Crippen molar-refractivity contribution in [1.82, 2.24) is 5.32 Å². The third-order valence-corrected chi connectivity index (χ3v) is 6.56. The molecule has 0 aliphatic heterocycles. The number of halogens is 6. The molecule has 1 amide bonds. The van der Waals surface area contributed by atoms with Crippen LogP contribution in [0.4, 0.5) is 26.3 Å². The molecule has 0 unspecified atom stereocenters. The van der Waals surface area contributed by atoms with Crippen molar-refractivity contribution < 1.29 is 50.1 Å². The number of rotatable bonds is 11. The minimum absolute atomic E-state index is 0.0903. The van der Waals surface area contributed by atoms with E-state index in [-0.39, 0.29) is 37.8 Å².